The van der Waals surface area contributed by atoms with Gasteiger partial charge in [-0.3, -0.25) is 0 Å². The van der Waals surface area contributed by atoms with Crippen LogP contribution in [0.3, 0.4) is 0 Å². The van der Waals surface area contributed by atoms with E-state index >= 15 is 0 Å². The molecular weight excluding hydrogens is 194 g/mol. The summed E-state index contributed by atoms with van der Waals surface area (Å²) in [5.74, 6) is 7.31. The van der Waals surface area contributed by atoms with Crippen molar-refractivity contribution in [1.29, 1.82) is 0 Å². The third kappa shape index (κ3) is 4.08. The molecular formula is C15H19N. The molecule has 0 aliphatic heterocycles. The molecule has 1 N–H and O–H groups in total. The molecule has 0 radical (unpaired) electrons. The normalized spacial score (nSPS) is 16.3. The van der Waals surface area contributed by atoms with Crippen LogP contribution in [0, 0.1) is 17.8 Å². The lowest BCUT2D eigenvalue weighted by Gasteiger charge is -2.09. The predicted octanol–water partition coefficient (Wildman–Crippen LogP) is 2.82. The molecule has 2 rings (SSSR count). The van der Waals surface area contributed by atoms with E-state index in [-0.39, 0.29) is 0 Å². The molecule has 1 aliphatic carbocycles. The molecule has 1 fully saturated rings. The molecule has 0 spiro atoms. The minimum absolute atomic E-state index is 0.609. The van der Waals surface area contributed by atoms with E-state index in [1.807, 2.05) is 30.3 Å². The highest BCUT2D eigenvalue weighted by Gasteiger charge is 2.22. The molecule has 1 aromatic rings. The van der Waals surface area contributed by atoms with Crippen molar-refractivity contribution < 1.29 is 0 Å². The number of hydrogen-bond donors (Lipinski definition) is 1. The molecule has 1 heteroatoms. The van der Waals surface area contributed by atoms with E-state index in [1.54, 1.807) is 0 Å². The largest absolute Gasteiger partial charge is 0.304 e. The second-order valence-corrected chi connectivity index (χ2v) is 4.63. The van der Waals surface area contributed by atoms with Crippen molar-refractivity contribution >= 4 is 0 Å². The van der Waals surface area contributed by atoms with Crippen molar-refractivity contribution in [3.05, 3.63) is 35.9 Å². The van der Waals surface area contributed by atoms with E-state index in [1.165, 1.54) is 19.3 Å². The molecule has 1 aliphatic rings. The van der Waals surface area contributed by atoms with Gasteiger partial charge in [-0.2, -0.15) is 0 Å². The topological polar surface area (TPSA) is 12.0 Å². The second-order valence-electron chi connectivity index (χ2n) is 4.63. The fourth-order valence-electron chi connectivity index (χ4n) is 1.83. The van der Waals surface area contributed by atoms with Crippen LogP contribution >= 0.6 is 0 Å². The molecule has 0 heterocycles. The Morgan fingerprint density at radius 2 is 2.06 bits per heavy atom. The van der Waals surface area contributed by atoms with Crippen LogP contribution in [0.2, 0.25) is 0 Å². The van der Waals surface area contributed by atoms with Gasteiger partial charge < -0.3 is 5.32 Å². The average molecular weight is 213 g/mol. The first kappa shape index (κ1) is 11.2. The maximum absolute atomic E-state index is 3.45. The Morgan fingerprint density at radius 3 is 2.75 bits per heavy atom. The summed E-state index contributed by atoms with van der Waals surface area (Å²) in [6.45, 7) is 3.05. The van der Waals surface area contributed by atoms with E-state index in [9.17, 15) is 0 Å². The summed E-state index contributed by atoms with van der Waals surface area (Å²) in [5, 5.41) is 3.45. The summed E-state index contributed by atoms with van der Waals surface area (Å²) >= 11 is 0. The van der Waals surface area contributed by atoms with Crippen LogP contribution in [0.25, 0.3) is 0 Å². The van der Waals surface area contributed by atoms with Gasteiger partial charge in [0.25, 0.3) is 0 Å². The van der Waals surface area contributed by atoms with Crippen LogP contribution in [-0.4, -0.2) is 12.6 Å². The van der Waals surface area contributed by atoms with E-state index in [0.29, 0.717) is 6.04 Å². The maximum Gasteiger partial charge on any atom is 0.0582 e. The van der Waals surface area contributed by atoms with Crippen molar-refractivity contribution in [1.82, 2.24) is 5.32 Å². The highest BCUT2D eigenvalue weighted by Crippen LogP contribution is 2.33. The highest BCUT2D eigenvalue weighted by molar-refractivity contribution is 5.33. The molecule has 1 saturated carbocycles. The molecule has 1 nitrogen and oxygen atoms in total. The standard InChI is InChI=1S/C15H19N/c1-13(12-15-9-10-15)16-11-5-8-14-6-3-2-4-7-14/h2-4,6-7,13,15-16H,9-12H2,1H3. The average Bonchev–Trinajstić information content (AvgIpc) is 3.10. The van der Waals surface area contributed by atoms with Crippen molar-refractivity contribution in [3.8, 4) is 11.8 Å². The molecule has 0 bridgehead atoms. The van der Waals surface area contributed by atoms with Gasteiger partial charge in [0.1, 0.15) is 0 Å². The Labute approximate surface area is 98.3 Å². The van der Waals surface area contributed by atoms with Gasteiger partial charge in [0, 0.05) is 11.6 Å². The molecule has 84 valence electrons. The molecule has 1 unspecified atom stereocenters. The fourth-order valence-corrected chi connectivity index (χ4v) is 1.83. The predicted molar refractivity (Wildman–Crippen MR) is 68.1 cm³/mol. The lowest BCUT2D eigenvalue weighted by Crippen LogP contribution is -2.26. The zero-order valence-electron chi connectivity index (χ0n) is 9.87. The first-order chi connectivity index (χ1) is 7.84. The lowest BCUT2D eigenvalue weighted by atomic mass is 10.1. The van der Waals surface area contributed by atoms with E-state index < -0.39 is 0 Å². The molecule has 0 aromatic heterocycles. The quantitative estimate of drug-likeness (QED) is 0.758. The van der Waals surface area contributed by atoms with Gasteiger partial charge in [0.05, 0.1) is 6.54 Å². The van der Waals surface area contributed by atoms with Crippen LogP contribution in [0.4, 0.5) is 0 Å². The number of nitrogens with one attached hydrogen (secondary N) is 1. The van der Waals surface area contributed by atoms with Gasteiger partial charge in [-0.25, -0.2) is 0 Å². The Morgan fingerprint density at radius 1 is 1.31 bits per heavy atom. The zero-order chi connectivity index (χ0) is 11.2. The molecule has 0 amide bonds. The van der Waals surface area contributed by atoms with Crippen LogP contribution in [-0.2, 0) is 0 Å². The van der Waals surface area contributed by atoms with Gasteiger partial charge in [-0.1, -0.05) is 42.9 Å². The number of hydrogen-bond acceptors (Lipinski definition) is 1. The third-order valence-corrected chi connectivity index (χ3v) is 2.93. The molecule has 16 heavy (non-hydrogen) atoms. The summed E-state index contributed by atoms with van der Waals surface area (Å²) < 4.78 is 0. The van der Waals surface area contributed by atoms with Gasteiger partial charge in [-0.15, -0.1) is 0 Å². The first-order valence-corrected chi connectivity index (χ1v) is 6.12. The molecule has 1 atom stereocenters. The van der Waals surface area contributed by atoms with Crippen LogP contribution in [0.15, 0.2) is 30.3 Å². The monoisotopic (exact) mass is 213 g/mol. The zero-order valence-corrected chi connectivity index (χ0v) is 9.87. The van der Waals surface area contributed by atoms with Gasteiger partial charge in [-0.05, 0) is 31.4 Å². The Hall–Kier alpha value is -1.26. The Bertz CT molecular complexity index is 367. The van der Waals surface area contributed by atoms with Crippen molar-refractivity contribution in [2.45, 2.75) is 32.2 Å². The van der Waals surface area contributed by atoms with E-state index in [0.717, 1.165) is 18.0 Å². The van der Waals surface area contributed by atoms with Crippen molar-refractivity contribution in [2.75, 3.05) is 6.54 Å². The SMILES string of the molecule is CC(CC1CC1)NCC#Cc1ccccc1. The smallest absolute Gasteiger partial charge is 0.0582 e. The van der Waals surface area contributed by atoms with E-state index in [2.05, 4.69) is 24.1 Å². The number of benzene rings is 1. The number of rotatable bonds is 4. The molecule has 0 saturated heterocycles. The van der Waals surface area contributed by atoms with Gasteiger partial charge in [0.15, 0.2) is 0 Å². The fraction of sp³-hybridized carbons (Fsp3) is 0.467. The van der Waals surface area contributed by atoms with Crippen molar-refractivity contribution in [2.24, 2.45) is 5.92 Å². The first-order valence-electron chi connectivity index (χ1n) is 6.12. The summed E-state index contributed by atoms with van der Waals surface area (Å²) in [5.41, 5.74) is 1.10. The van der Waals surface area contributed by atoms with Crippen LogP contribution in [0.5, 0.6) is 0 Å². The lowest BCUT2D eigenvalue weighted by molar-refractivity contribution is 0.514. The minimum atomic E-state index is 0.609. The van der Waals surface area contributed by atoms with Gasteiger partial charge in [0.2, 0.25) is 0 Å². The van der Waals surface area contributed by atoms with E-state index in [4.69, 9.17) is 0 Å². The summed E-state index contributed by atoms with van der Waals surface area (Å²) in [6, 6.07) is 10.8. The summed E-state index contributed by atoms with van der Waals surface area (Å²) in [7, 11) is 0. The molecule has 1 aromatic carbocycles. The van der Waals surface area contributed by atoms with Crippen LogP contribution < -0.4 is 5.32 Å². The Balaban J connectivity index is 1.68. The second kappa shape index (κ2) is 5.72. The van der Waals surface area contributed by atoms with Gasteiger partial charge >= 0.3 is 0 Å². The van der Waals surface area contributed by atoms with Crippen molar-refractivity contribution in [3.63, 3.8) is 0 Å². The van der Waals surface area contributed by atoms with Crippen LogP contribution in [0.1, 0.15) is 31.7 Å². The minimum Gasteiger partial charge on any atom is -0.304 e. The summed E-state index contributed by atoms with van der Waals surface area (Å²) in [6.07, 6.45) is 4.18. The highest BCUT2D eigenvalue weighted by atomic mass is 14.9. The summed E-state index contributed by atoms with van der Waals surface area (Å²) in [4.78, 5) is 0. The Kier molecular flexibility index (Phi) is 4.02. The maximum atomic E-state index is 3.45. The third-order valence-electron chi connectivity index (χ3n) is 2.93.